The van der Waals surface area contributed by atoms with E-state index in [9.17, 15) is 4.21 Å². The van der Waals surface area contributed by atoms with E-state index >= 15 is 0 Å². The highest BCUT2D eigenvalue weighted by Gasteiger charge is 2.94. The second-order valence-electron chi connectivity index (χ2n) is 3.01. The molecule has 0 aromatic carbocycles. The van der Waals surface area contributed by atoms with Gasteiger partial charge in [0.15, 0.2) is 0 Å². The zero-order valence-corrected chi connectivity index (χ0v) is 7.81. The molecule has 2 rings (SSSR count). The number of halogens is 2. The maximum Gasteiger partial charge on any atom is 0.262 e. The van der Waals surface area contributed by atoms with Crippen molar-refractivity contribution in [2.75, 3.05) is 0 Å². The molecule has 1 spiro atoms. The Kier molecular flexibility index (Phi) is 1.04. The van der Waals surface area contributed by atoms with Crippen molar-refractivity contribution < 1.29 is 8.95 Å². The summed E-state index contributed by atoms with van der Waals surface area (Å²) in [6.45, 7) is 3.66. The lowest BCUT2D eigenvalue weighted by molar-refractivity contribution is 0.367. The SMILES string of the molecule is CC1(C)S(=O)C12OC2(Cl)Cl. The maximum absolute atomic E-state index is 11.2. The minimum atomic E-state index is -1.19. The third kappa shape index (κ3) is 0.481. The number of rotatable bonds is 0. The van der Waals surface area contributed by atoms with Gasteiger partial charge in [-0.1, -0.05) is 23.2 Å². The molecule has 0 radical (unpaired) electrons. The first-order chi connectivity index (χ1) is 4.36. The first kappa shape index (κ1) is 7.35. The first-order valence-corrected chi connectivity index (χ1v) is 4.77. The van der Waals surface area contributed by atoms with E-state index in [-0.39, 0.29) is 4.75 Å². The highest BCUT2D eigenvalue weighted by atomic mass is 35.5. The average Bonchev–Trinajstić information content (AvgIpc) is 2.43. The molecule has 58 valence electrons. The molecule has 5 heteroatoms. The van der Waals surface area contributed by atoms with Crippen LogP contribution in [0.15, 0.2) is 0 Å². The quantitative estimate of drug-likeness (QED) is 0.437. The summed E-state index contributed by atoms with van der Waals surface area (Å²) in [6, 6.07) is 0. The smallest absolute Gasteiger partial charge is 0.262 e. The summed E-state index contributed by atoms with van der Waals surface area (Å²) >= 11 is 11.2. The van der Waals surface area contributed by atoms with E-state index in [1.54, 1.807) is 0 Å². The summed E-state index contributed by atoms with van der Waals surface area (Å²) < 4.78 is 14.6. The van der Waals surface area contributed by atoms with Crippen LogP contribution in [0.5, 0.6) is 0 Å². The van der Waals surface area contributed by atoms with Crippen molar-refractivity contribution >= 4 is 34.0 Å². The molecular weight excluding hydrogens is 195 g/mol. The number of epoxide rings is 1. The molecule has 0 aromatic heterocycles. The zero-order chi connectivity index (χ0) is 7.78. The van der Waals surface area contributed by atoms with E-state index in [0.29, 0.717) is 0 Å². The molecule has 0 N–H and O–H groups in total. The number of alkyl halides is 2. The molecule has 2 nitrogen and oxygen atoms in total. The summed E-state index contributed by atoms with van der Waals surface area (Å²) in [5.41, 5.74) is 0. The maximum atomic E-state index is 11.2. The van der Waals surface area contributed by atoms with Gasteiger partial charge in [-0.15, -0.1) is 0 Å². The lowest BCUT2D eigenvalue weighted by Crippen LogP contribution is -2.09. The zero-order valence-electron chi connectivity index (χ0n) is 5.48. The molecular formula is C5H6Cl2O2S. The molecule has 2 saturated heterocycles. The van der Waals surface area contributed by atoms with Crippen molar-refractivity contribution in [2.24, 2.45) is 0 Å². The van der Waals surface area contributed by atoms with Gasteiger partial charge in [-0.25, -0.2) is 0 Å². The van der Waals surface area contributed by atoms with Gasteiger partial charge in [0.25, 0.3) is 4.52 Å². The topological polar surface area (TPSA) is 29.6 Å². The molecule has 2 aliphatic rings. The van der Waals surface area contributed by atoms with E-state index in [4.69, 9.17) is 27.9 Å². The fourth-order valence-corrected chi connectivity index (χ4v) is 4.22. The Labute approximate surface area is 71.3 Å². The van der Waals surface area contributed by atoms with Crippen molar-refractivity contribution in [1.29, 1.82) is 0 Å². The third-order valence-corrected chi connectivity index (χ3v) is 5.41. The van der Waals surface area contributed by atoms with E-state index < -0.39 is 20.3 Å². The molecule has 2 fully saturated rings. The van der Waals surface area contributed by atoms with Crippen molar-refractivity contribution in [3.05, 3.63) is 0 Å². The molecule has 0 amide bonds. The van der Waals surface area contributed by atoms with Crippen LogP contribution in [-0.2, 0) is 15.5 Å². The average molecular weight is 201 g/mol. The van der Waals surface area contributed by atoms with Crippen molar-refractivity contribution in [3.8, 4) is 0 Å². The Balaban J connectivity index is 2.36. The third-order valence-electron chi connectivity index (χ3n) is 2.09. The van der Waals surface area contributed by atoms with Crippen LogP contribution in [0.2, 0.25) is 0 Å². The van der Waals surface area contributed by atoms with Crippen LogP contribution in [0.4, 0.5) is 0 Å². The van der Waals surface area contributed by atoms with Gasteiger partial charge in [0.2, 0.25) is 4.93 Å². The van der Waals surface area contributed by atoms with E-state index in [2.05, 4.69) is 0 Å². The summed E-state index contributed by atoms with van der Waals surface area (Å²) in [5.74, 6) is 0. The van der Waals surface area contributed by atoms with Crippen molar-refractivity contribution in [3.63, 3.8) is 0 Å². The Hall–Kier alpha value is 0.690. The van der Waals surface area contributed by atoms with Gasteiger partial charge >= 0.3 is 0 Å². The van der Waals surface area contributed by atoms with Crippen molar-refractivity contribution in [2.45, 2.75) is 28.0 Å². The highest BCUT2D eigenvalue weighted by Crippen LogP contribution is 2.75. The number of hydrogen-bond acceptors (Lipinski definition) is 2. The normalized spacial score (nSPS) is 53.0. The van der Waals surface area contributed by atoms with E-state index in [1.807, 2.05) is 13.8 Å². The summed E-state index contributed by atoms with van der Waals surface area (Å²) in [7, 11) is -1.03. The Morgan fingerprint density at radius 2 is 1.70 bits per heavy atom. The van der Waals surface area contributed by atoms with Gasteiger partial charge in [-0.05, 0) is 13.8 Å². The minimum absolute atomic E-state index is 0.365. The van der Waals surface area contributed by atoms with Gasteiger partial charge in [0.1, 0.15) is 0 Å². The van der Waals surface area contributed by atoms with Gasteiger partial charge in [-0.3, -0.25) is 4.21 Å². The Morgan fingerprint density at radius 3 is 1.70 bits per heavy atom. The van der Waals surface area contributed by atoms with Crippen LogP contribution in [0, 0.1) is 0 Å². The number of hydrogen-bond donors (Lipinski definition) is 0. The fourth-order valence-electron chi connectivity index (χ4n) is 1.25. The molecule has 2 heterocycles. The van der Waals surface area contributed by atoms with Crippen LogP contribution in [0.1, 0.15) is 13.8 Å². The van der Waals surface area contributed by atoms with Crippen LogP contribution < -0.4 is 0 Å². The molecule has 2 atom stereocenters. The molecule has 2 unspecified atom stereocenters. The van der Waals surface area contributed by atoms with E-state index in [0.717, 1.165) is 0 Å². The first-order valence-electron chi connectivity index (χ1n) is 2.86. The summed E-state index contributed by atoms with van der Waals surface area (Å²) in [4.78, 5) is -0.747. The summed E-state index contributed by atoms with van der Waals surface area (Å²) in [6.07, 6.45) is 0. The van der Waals surface area contributed by atoms with Crippen LogP contribution in [-0.4, -0.2) is 18.4 Å². The second-order valence-corrected chi connectivity index (χ2v) is 6.41. The van der Waals surface area contributed by atoms with Gasteiger partial charge in [-0.2, -0.15) is 0 Å². The Morgan fingerprint density at radius 1 is 1.40 bits per heavy atom. The fraction of sp³-hybridized carbons (Fsp3) is 1.00. The Bertz CT molecular complexity index is 238. The predicted molar refractivity (Wildman–Crippen MR) is 40.5 cm³/mol. The largest absolute Gasteiger partial charge is 0.316 e. The van der Waals surface area contributed by atoms with Crippen LogP contribution in [0.25, 0.3) is 0 Å². The highest BCUT2D eigenvalue weighted by molar-refractivity contribution is 7.96. The molecule has 0 bridgehead atoms. The predicted octanol–water partition coefficient (Wildman–Crippen LogP) is 1.39. The molecule has 10 heavy (non-hydrogen) atoms. The molecule has 0 aromatic rings. The molecule has 2 aliphatic heterocycles. The molecule has 0 aliphatic carbocycles. The number of ether oxygens (including phenoxy) is 1. The second kappa shape index (κ2) is 1.42. The van der Waals surface area contributed by atoms with Crippen molar-refractivity contribution in [1.82, 2.24) is 0 Å². The molecule has 0 saturated carbocycles. The standard InChI is InChI=1S/C5H6Cl2O2S/c1-3(2)4(10(3)8)5(6,7)9-4/h1-2H3. The lowest BCUT2D eigenvalue weighted by Gasteiger charge is -1.89. The van der Waals surface area contributed by atoms with Gasteiger partial charge in [0.05, 0.1) is 15.5 Å². The van der Waals surface area contributed by atoms with Gasteiger partial charge in [0, 0.05) is 0 Å². The minimum Gasteiger partial charge on any atom is -0.316 e. The van der Waals surface area contributed by atoms with Gasteiger partial charge < -0.3 is 4.74 Å². The van der Waals surface area contributed by atoms with E-state index in [1.165, 1.54) is 0 Å². The van der Waals surface area contributed by atoms with Crippen LogP contribution >= 0.6 is 23.2 Å². The van der Waals surface area contributed by atoms with Crippen LogP contribution in [0.3, 0.4) is 0 Å². The lowest BCUT2D eigenvalue weighted by atomic mass is 10.1. The summed E-state index contributed by atoms with van der Waals surface area (Å²) in [5, 5.41) is 0. The monoisotopic (exact) mass is 200 g/mol.